The minimum absolute atomic E-state index is 0.0911. The molecule has 1 atom stereocenters. The van der Waals surface area contributed by atoms with Gasteiger partial charge in [0.25, 0.3) is 5.91 Å². The standard InChI is InChI=1S/C15H16N2OS/c1-10-5-3-4-6-12(10)9-17-15(18)14-11(2)7-13(8-16)19-14/h3-4,6-7,10H,5,9H2,1-2H3,(H,17,18). The van der Waals surface area contributed by atoms with E-state index in [0.717, 1.165) is 12.0 Å². The summed E-state index contributed by atoms with van der Waals surface area (Å²) in [6.45, 7) is 4.59. The number of allylic oxidation sites excluding steroid dienone is 3. The predicted octanol–water partition coefficient (Wildman–Crippen LogP) is 3.18. The van der Waals surface area contributed by atoms with Crippen LogP contribution in [-0.2, 0) is 0 Å². The molecule has 1 N–H and O–H groups in total. The predicted molar refractivity (Wildman–Crippen MR) is 77.1 cm³/mol. The van der Waals surface area contributed by atoms with Crippen molar-refractivity contribution < 1.29 is 4.79 Å². The summed E-state index contributed by atoms with van der Waals surface area (Å²) in [4.78, 5) is 13.3. The number of amides is 1. The van der Waals surface area contributed by atoms with Crippen LogP contribution in [0.3, 0.4) is 0 Å². The minimum Gasteiger partial charge on any atom is -0.348 e. The Morgan fingerprint density at radius 2 is 2.42 bits per heavy atom. The summed E-state index contributed by atoms with van der Waals surface area (Å²) in [6, 6.07) is 3.83. The van der Waals surface area contributed by atoms with Crippen LogP contribution in [0.5, 0.6) is 0 Å². The molecule has 0 radical (unpaired) electrons. The molecule has 0 spiro atoms. The number of rotatable bonds is 3. The molecule has 19 heavy (non-hydrogen) atoms. The first-order chi connectivity index (χ1) is 9.11. The smallest absolute Gasteiger partial charge is 0.261 e. The lowest BCUT2D eigenvalue weighted by atomic mass is 9.93. The number of carbonyl (C=O) groups excluding carboxylic acids is 1. The van der Waals surface area contributed by atoms with Crippen LogP contribution in [0.25, 0.3) is 0 Å². The maximum Gasteiger partial charge on any atom is 0.261 e. The highest BCUT2D eigenvalue weighted by molar-refractivity contribution is 7.14. The van der Waals surface area contributed by atoms with Crippen molar-refractivity contribution >= 4 is 17.2 Å². The lowest BCUT2D eigenvalue weighted by Gasteiger charge is -2.17. The fraction of sp³-hybridized carbons (Fsp3) is 0.333. The van der Waals surface area contributed by atoms with Crippen LogP contribution in [0.1, 0.15) is 33.5 Å². The Hall–Kier alpha value is -1.86. The van der Waals surface area contributed by atoms with E-state index in [9.17, 15) is 4.79 Å². The fourth-order valence-corrected chi connectivity index (χ4v) is 2.93. The SMILES string of the molecule is Cc1cc(C#N)sc1C(=O)NCC1=CC=CCC1C. The quantitative estimate of drug-likeness (QED) is 0.918. The van der Waals surface area contributed by atoms with Crippen LogP contribution < -0.4 is 5.32 Å². The zero-order valence-corrected chi connectivity index (χ0v) is 11.9. The number of carbonyl (C=O) groups is 1. The van der Waals surface area contributed by atoms with Crippen molar-refractivity contribution in [3.63, 3.8) is 0 Å². The molecule has 3 nitrogen and oxygen atoms in total. The van der Waals surface area contributed by atoms with Crippen molar-refractivity contribution in [1.82, 2.24) is 5.32 Å². The minimum atomic E-state index is -0.0911. The van der Waals surface area contributed by atoms with E-state index >= 15 is 0 Å². The number of hydrogen-bond donors (Lipinski definition) is 1. The second-order valence-corrected chi connectivity index (χ2v) is 5.78. The molecule has 1 aromatic heterocycles. The maximum atomic E-state index is 12.1. The summed E-state index contributed by atoms with van der Waals surface area (Å²) in [5, 5.41) is 11.8. The van der Waals surface area contributed by atoms with Gasteiger partial charge in [-0.25, -0.2) is 0 Å². The number of nitriles is 1. The summed E-state index contributed by atoms with van der Waals surface area (Å²) in [6.07, 6.45) is 7.26. The fourth-order valence-electron chi connectivity index (χ4n) is 2.05. The van der Waals surface area contributed by atoms with Crippen LogP contribution >= 0.6 is 11.3 Å². The van der Waals surface area contributed by atoms with Gasteiger partial charge in [0.1, 0.15) is 10.9 Å². The molecule has 1 heterocycles. The van der Waals surface area contributed by atoms with E-state index in [4.69, 9.17) is 5.26 Å². The summed E-state index contributed by atoms with van der Waals surface area (Å²) < 4.78 is 0. The van der Waals surface area contributed by atoms with E-state index in [1.54, 1.807) is 6.07 Å². The van der Waals surface area contributed by atoms with Gasteiger partial charge in [-0.1, -0.05) is 25.2 Å². The number of aryl methyl sites for hydroxylation is 1. The van der Waals surface area contributed by atoms with Crippen LogP contribution in [0.2, 0.25) is 0 Å². The molecule has 1 aliphatic rings. The summed E-state index contributed by atoms with van der Waals surface area (Å²) in [7, 11) is 0. The molecule has 98 valence electrons. The van der Waals surface area contributed by atoms with E-state index in [-0.39, 0.29) is 5.91 Å². The summed E-state index contributed by atoms with van der Waals surface area (Å²) >= 11 is 1.25. The Balaban J connectivity index is 2.02. The van der Waals surface area contributed by atoms with Crippen LogP contribution in [0.4, 0.5) is 0 Å². The average molecular weight is 272 g/mol. The normalized spacial score (nSPS) is 17.7. The highest BCUT2D eigenvalue weighted by atomic mass is 32.1. The van der Waals surface area contributed by atoms with Crippen molar-refractivity contribution in [1.29, 1.82) is 5.26 Å². The molecular weight excluding hydrogens is 256 g/mol. The molecule has 1 unspecified atom stereocenters. The molecule has 1 amide bonds. The summed E-state index contributed by atoms with van der Waals surface area (Å²) in [5.74, 6) is 0.385. The Labute approximate surface area is 117 Å². The van der Waals surface area contributed by atoms with Gasteiger partial charge in [-0.15, -0.1) is 11.3 Å². The molecule has 0 fully saturated rings. The molecule has 1 aromatic rings. The molecule has 1 aliphatic carbocycles. The first-order valence-electron chi connectivity index (χ1n) is 6.26. The number of hydrogen-bond acceptors (Lipinski definition) is 3. The molecular formula is C15H16N2OS. The van der Waals surface area contributed by atoms with E-state index in [0.29, 0.717) is 22.2 Å². The van der Waals surface area contributed by atoms with Crippen LogP contribution in [0, 0.1) is 24.2 Å². The second-order valence-electron chi connectivity index (χ2n) is 4.72. The van der Waals surface area contributed by atoms with Gasteiger partial charge < -0.3 is 5.32 Å². The monoisotopic (exact) mass is 272 g/mol. The lowest BCUT2D eigenvalue weighted by molar-refractivity contribution is 0.0960. The van der Waals surface area contributed by atoms with Gasteiger partial charge in [-0.2, -0.15) is 5.26 Å². The highest BCUT2D eigenvalue weighted by Gasteiger charge is 2.15. The van der Waals surface area contributed by atoms with Crippen molar-refractivity contribution in [2.75, 3.05) is 6.54 Å². The third-order valence-electron chi connectivity index (χ3n) is 3.26. The van der Waals surface area contributed by atoms with Gasteiger partial charge in [-0.05, 0) is 36.5 Å². The molecule has 0 saturated heterocycles. The van der Waals surface area contributed by atoms with E-state index < -0.39 is 0 Å². The average Bonchev–Trinajstić information content (AvgIpc) is 2.79. The molecule has 0 aliphatic heterocycles. The topological polar surface area (TPSA) is 52.9 Å². The Bertz CT molecular complexity index is 590. The zero-order valence-electron chi connectivity index (χ0n) is 11.1. The molecule has 2 rings (SSSR count). The van der Waals surface area contributed by atoms with E-state index in [2.05, 4.69) is 30.5 Å². The van der Waals surface area contributed by atoms with Crippen molar-refractivity contribution in [2.24, 2.45) is 5.92 Å². The largest absolute Gasteiger partial charge is 0.348 e. The van der Waals surface area contributed by atoms with Crippen molar-refractivity contribution in [3.8, 4) is 6.07 Å². The summed E-state index contributed by atoms with van der Waals surface area (Å²) in [5.41, 5.74) is 2.11. The van der Waals surface area contributed by atoms with Crippen LogP contribution in [0.15, 0.2) is 29.9 Å². The Morgan fingerprint density at radius 1 is 1.63 bits per heavy atom. The van der Waals surface area contributed by atoms with E-state index in [1.807, 2.05) is 13.0 Å². The zero-order chi connectivity index (χ0) is 13.8. The molecule has 4 heteroatoms. The third-order valence-corrected chi connectivity index (χ3v) is 4.40. The van der Waals surface area contributed by atoms with Gasteiger partial charge >= 0.3 is 0 Å². The molecule has 0 saturated carbocycles. The van der Waals surface area contributed by atoms with Gasteiger partial charge in [0.05, 0.1) is 4.88 Å². The Kier molecular flexibility index (Phi) is 4.18. The van der Waals surface area contributed by atoms with Crippen molar-refractivity contribution in [3.05, 3.63) is 45.2 Å². The number of nitrogens with one attached hydrogen (secondary N) is 1. The first-order valence-corrected chi connectivity index (χ1v) is 7.07. The van der Waals surface area contributed by atoms with Crippen LogP contribution in [-0.4, -0.2) is 12.5 Å². The third kappa shape index (κ3) is 3.12. The molecule has 0 bridgehead atoms. The molecule has 0 aromatic carbocycles. The maximum absolute atomic E-state index is 12.1. The highest BCUT2D eigenvalue weighted by Crippen LogP contribution is 2.22. The van der Waals surface area contributed by atoms with Gasteiger partial charge in [-0.3, -0.25) is 4.79 Å². The van der Waals surface area contributed by atoms with E-state index in [1.165, 1.54) is 16.9 Å². The van der Waals surface area contributed by atoms with Gasteiger partial charge in [0.2, 0.25) is 0 Å². The second kappa shape index (κ2) is 5.85. The lowest BCUT2D eigenvalue weighted by Crippen LogP contribution is -2.27. The van der Waals surface area contributed by atoms with Gasteiger partial charge in [0, 0.05) is 6.54 Å². The number of thiophene rings is 1. The number of nitrogens with zero attached hydrogens (tertiary/aromatic N) is 1. The Morgan fingerprint density at radius 3 is 3.05 bits per heavy atom. The first kappa shape index (κ1) is 13.6. The van der Waals surface area contributed by atoms with Gasteiger partial charge in [0.15, 0.2) is 0 Å². The van der Waals surface area contributed by atoms with Crippen molar-refractivity contribution in [2.45, 2.75) is 20.3 Å².